The molecule has 0 saturated carbocycles. The topological polar surface area (TPSA) is 69.6 Å². The van der Waals surface area contributed by atoms with Gasteiger partial charge in [-0.3, -0.25) is 9.59 Å². The van der Waals surface area contributed by atoms with Gasteiger partial charge in [0.15, 0.2) is 0 Å². The number of carbonyl (C=O) groups is 2. The molecule has 0 aliphatic carbocycles. The Balaban J connectivity index is 2.05. The Hall–Kier alpha value is -1.69. The molecule has 0 spiro atoms. The highest BCUT2D eigenvalue weighted by Crippen LogP contribution is 2.28. The highest BCUT2D eigenvalue weighted by molar-refractivity contribution is 7.99. The average molecular weight is 322 g/mol. The fourth-order valence-electron chi connectivity index (χ4n) is 2.26. The van der Waals surface area contributed by atoms with Gasteiger partial charge in [0, 0.05) is 12.2 Å². The molecule has 2 rings (SSSR count). The van der Waals surface area contributed by atoms with E-state index in [4.69, 9.17) is 0 Å². The van der Waals surface area contributed by atoms with Crippen LogP contribution in [-0.2, 0) is 9.59 Å². The van der Waals surface area contributed by atoms with Crippen LogP contribution in [0.15, 0.2) is 24.3 Å². The first kappa shape index (κ1) is 16.7. The molecule has 1 aromatic rings. The van der Waals surface area contributed by atoms with Crippen molar-refractivity contribution in [1.29, 1.82) is 0 Å². The number of phenolic OH excluding ortho intramolecular Hbond substituents is 1. The molecule has 2 amide bonds. The van der Waals surface area contributed by atoms with Gasteiger partial charge in [-0.2, -0.15) is 0 Å². The summed E-state index contributed by atoms with van der Waals surface area (Å²) in [4.78, 5) is 26.4. The molecule has 120 valence electrons. The van der Waals surface area contributed by atoms with E-state index in [2.05, 4.69) is 5.32 Å². The van der Waals surface area contributed by atoms with Gasteiger partial charge in [-0.15, -0.1) is 11.8 Å². The van der Waals surface area contributed by atoms with Crippen molar-refractivity contribution in [3.05, 3.63) is 24.3 Å². The normalized spacial score (nSPS) is 18.3. The Bertz CT molecular complexity index is 569. The largest absolute Gasteiger partial charge is 0.506 e. The number of phenols is 1. The summed E-state index contributed by atoms with van der Waals surface area (Å²) in [5.41, 5.74) is 0.260. The van der Waals surface area contributed by atoms with Gasteiger partial charge < -0.3 is 15.3 Å². The van der Waals surface area contributed by atoms with Gasteiger partial charge in [0.05, 0.1) is 11.6 Å². The maximum Gasteiger partial charge on any atom is 0.248 e. The number of rotatable bonds is 3. The molecule has 0 radical (unpaired) electrons. The number of thioether (sulfide) groups is 1. The van der Waals surface area contributed by atoms with Crippen molar-refractivity contribution in [2.24, 2.45) is 5.41 Å². The second-order valence-electron chi connectivity index (χ2n) is 6.62. The van der Waals surface area contributed by atoms with Crippen LogP contribution in [0.25, 0.3) is 0 Å². The number of hydrogen-bond donors (Lipinski definition) is 2. The number of carbonyl (C=O) groups excluding carboxylic acids is 2. The molecule has 0 aromatic heterocycles. The van der Waals surface area contributed by atoms with E-state index in [1.54, 1.807) is 34.9 Å². The molecular formula is C16H22N2O3S. The summed E-state index contributed by atoms with van der Waals surface area (Å²) in [5, 5.41) is 12.4. The van der Waals surface area contributed by atoms with Gasteiger partial charge in [0.2, 0.25) is 11.8 Å². The summed E-state index contributed by atoms with van der Waals surface area (Å²) < 4.78 is 0. The quantitative estimate of drug-likeness (QED) is 0.840. The number of para-hydroxylation sites is 2. The van der Waals surface area contributed by atoms with E-state index in [1.807, 2.05) is 20.8 Å². The average Bonchev–Trinajstić information content (AvgIpc) is 2.89. The smallest absolute Gasteiger partial charge is 0.248 e. The standard InChI is InChI=1S/C16H22N2O3S/c1-16(2,3)8-14(20)18-10-22-9-12(18)15(21)17-11-6-4-5-7-13(11)19/h4-7,12,19H,8-10H2,1-3H3,(H,17,21)/t12-/m1/s1. The predicted octanol–water partition coefficient (Wildman–Crippen LogP) is 2.67. The molecule has 1 aliphatic rings. The van der Waals surface area contributed by atoms with Gasteiger partial charge in [0.25, 0.3) is 0 Å². The lowest BCUT2D eigenvalue weighted by molar-refractivity contribution is -0.137. The number of anilines is 1. The SMILES string of the molecule is CC(C)(C)CC(=O)N1CSC[C@@H]1C(=O)Nc1ccccc1O. The van der Waals surface area contributed by atoms with Crippen molar-refractivity contribution in [2.45, 2.75) is 33.2 Å². The number of nitrogens with one attached hydrogen (secondary N) is 1. The van der Waals surface area contributed by atoms with Crippen LogP contribution in [0, 0.1) is 5.41 Å². The van der Waals surface area contributed by atoms with Gasteiger partial charge >= 0.3 is 0 Å². The molecule has 1 saturated heterocycles. The summed E-state index contributed by atoms with van der Waals surface area (Å²) in [7, 11) is 0. The van der Waals surface area contributed by atoms with E-state index < -0.39 is 6.04 Å². The van der Waals surface area contributed by atoms with Crippen LogP contribution in [0.2, 0.25) is 0 Å². The maximum absolute atomic E-state index is 12.4. The van der Waals surface area contributed by atoms with E-state index >= 15 is 0 Å². The molecule has 0 bridgehead atoms. The minimum absolute atomic E-state index is 0.00469. The number of benzene rings is 1. The van der Waals surface area contributed by atoms with E-state index in [1.165, 1.54) is 6.07 Å². The third-order valence-electron chi connectivity index (χ3n) is 3.35. The van der Waals surface area contributed by atoms with Crippen molar-refractivity contribution in [3.63, 3.8) is 0 Å². The molecule has 1 heterocycles. The van der Waals surface area contributed by atoms with E-state index in [0.717, 1.165) is 0 Å². The Morgan fingerprint density at radius 1 is 1.36 bits per heavy atom. The highest BCUT2D eigenvalue weighted by Gasteiger charge is 2.36. The third-order valence-corrected chi connectivity index (χ3v) is 4.36. The van der Waals surface area contributed by atoms with E-state index in [9.17, 15) is 14.7 Å². The molecule has 5 nitrogen and oxygen atoms in total. The highest BCUT2D eigenvalue weighted by atomic mass is 32.2. The number of amides is 2. The summed E-state index contributed by atoms with van der Waals surface area (Å²) in [6.45, 7) is 6.02. The first-order valence-electron chi connectivity index (χ1n) is 7.24. The van der Waals surface area contributed by atoms with Gasteiger partial charge in [-0.25, -0.2) is 0 Å². The lowest BCUT2D eigenvalue weighted by Gasteiger charge is -2.26. The van der Waals surface area contributed by atoms with Crippen LogP contribution in [-0.4, -0.2) is 39.5 Å². The van der Waals surface area contributed by atoms with Crippen molar-refractivity contribution in [3.8, 4) is 5.75 Å². The van der Waals surface area contributed by atoms with Gasteiger partial charge in [-0.05, 0) is 17.5 Å². The van der Waals surface area contributed by atoms with E-state index in [0.29, 0.717) is 23.7 Å². The zero-order chi connectivity index (χ0) is 16.3. The summed E-state index contributed by atoms with van der Waals surface area (Å²) in [5.74, 6) is 0.876. The molecule has 2 N–H and O–H groups in total. The van der Waals surface area contributed by atoms with Crippen molar-refractivity contribution in [2.75, 3.05) is 16.9 Å². The molecule has 1 aliphatic heterocycles. The van der Waals surface area contributed by atoms with Crippen LogP contribution < -0.4 is 5.32 Å². The Kier molecular flexibility index (Phi) is 5.01. The van der Waals surface area contributed by atoms with Crippen molar-refractivity contribution >= 4 is 29.3 Å². The molecule has 0 unspecified atom stereocenters. The monoisotopic (exact) mass is 322 g/mol. The zero-order valence-electron chi connectivity index (χ0n) is 13.1. The summed E-state index contributed by atoms with van der Waals surface area (Å²) >= 11 is 1.57. The van der Waals surface area contributed by atoms with Crippen molar-refractivity contribution in [1.82, 2.24) is 4.90 Å². The molecule has 1 atom stereocenters. The van der Waals surface area contributed by atoms with Crippen molar-refractivity contribution < 1.29 is 14.7 Å². The van der Waals surface area contributed by atoms with Gasteiger partial charge in [-0.1, -0.05) is 32.9 Å². The number of aromatic hydroxyl groups is 1. The number of nitrogens with zero attached hydrogens (tertiary/aromatic N) is 1. The zero-order valence-corrected chi connectivity index (χ0v) is 13.9. The Labute approximate surface area is 135 Å². The predicted molar refractivity (Wildman–Crippen MR) is 88.8 cm³/mol. The van der Waals surface area contributed by atoms with Crippen LogP contribution in [0.3, 0.4) is 0 Å². The second-order valence-corrected chi connectivity index (χ2v) is 7.62. The summed E-state index contributed by atoms with van der Waals surface area (Å²) in [6, 6.07) is 6.09. The maximum atomic E-state index is 12.4. The minimum atomic E-state index is -0.487. The lowest BCUT2D eigenvalue weighted by Crippen LogP contribution is -2.45. The summed E-state index contributed by atoms with van der Waals surface area (Å²) in [6.07, 6.45) is 0.411. The fraction of sp³-hybridized carbons (Fsp3) is 0.500. The lowest BCUT2D eigenvalue weighted by atomic mass is 9.91. The molecule has 6 heteroatoms. The molecule has 1 fully saturated rings. The second kappa shape index (κ2) is 6.60. The Morgan fingerprint density at radius 3 is 2.68 bits per heavy atom. The number of hydrogen-bond acceptors (Lipinski definition) is 4. The van der Waals surface area contributed by atoms with Crippen LogP contribution in [0.4, 0.5) is 5.69 Å². The van der Waals surface area contributed by atoms with E-state index in [-0.39, 0.29) is 23.0 Å². The molecule has 22 heavy (non-hydrogen) atoms. The molecule has 1 aromatic carbocycles. The van der Waals surface area contributed by atoms with Crippen LogP contribution in [0.1, 0.15) is 27.2 Å². The third kappa shape index (κ3) is 4.16. The Morgan fingerprint density at radius 2 is 2.05 bits per heavy atom. The first-order valence-corrected chi connectivity index (χ1v) is 8.39. The van der Waals surface area contributed by atoms with Crippen LogP contribution in [0.5, 0.6) is 5.75 Å². The first-order chi connectivity index (χ1) is 10.3. The van der Waals surface area contributed by atoms with Gasteiger partial charge in [0.1, 0.15) is 11.8 Å². The molecular weight excluding hydrogens is 300 g/mol. The van der Waals surface area contributed by atoms with Crippen LogP contribution >= 0.6 is 11.8 Å². The minimum Gasteiger partial charge on any atom is -0.506 e. The fourth-order valence-corrected chi connectivity index (χ4v) is 3.44.